The Morgan fingerprint density at radius 2 is 2.03 bits per heavy atom. The predicted molar refractivity (Wildman–Crippen MR) is 106 cm³/mol. The third kappa shape index (κ3) is 6.52. The van der Waals surface area contributed by atoms with Gasteiger partial charge in [0, 0.05) is 12.3 Å². The number of rotatable bonds is 7. The largest absolute Gasteiger partial charge is 0.394 e. The summed E-state index contributed by atoms with van der Waals surface area (Å²) < 4.78 is 32.6. The van der Waals surface area contributed by atoms with Crippen LogP contribution in [0.25, 0.3) is 0 Å². The molecule has 0 saturated heterocycles. The van der Waals surface area contributed by atoms with E-state index >= 15 is 0 Å². The van der Waals surface area contributed by atoms with Crippen LogP contribution < -0.4 is 16.0 Å². The molecule has 2 heterocycles. The first-order valence-electron chi connectivity index (χ1n) is 9.43. The lowest BCUT2D eigenvalue weighted by molar-refractivity contribution is -0.125. The Kier molecular flexibility index (Phi) is 7.57. The first-order chi connectivity index (χ1) is 14.9. The number of anilines is 1. The topological polar surface area (TPSA) is 125 Å². The molecule has 3 rings (SSSR count). The zero-order chi connectivity index (χ0) is 22.2. The van der Waals surface area contributed by atoms with Crippen LogP contribution in [-0.2, 0) is 16.1 Å². The number of aliphatic hydroxyl groups excluding tert-OH is 1. The van der Waals surface area contributed by atoms with Crippen molar-refractivity contribution in [2.75, 3.05) is 11.9 Å². The van der Waals surface area contributed by atoms with Crippen LogP contribution in [0.3, 0.4) is 0 Å². The van der Waals surface area contributed by atoms with Crippen LogP contribution in [-0.4, -0.2) is 51.9 Å². The van der Waals surface area contributed by atoms with Crippen molar-refractivity contribution in [3.8, 4) is 0 Å². The number of halogens is 2. The molecule has 0 bridgehead atoms. The normalized spacial score (nSPS) is 20.2. The van der Waals surface area contributed by atoms with Gasteiger partial charge in [-0.05, 0) is 18.2 Å². The maximum Gasteiger partial charge on any atom is 0.319 e. The van der Waals surface area contributed by atoms with Gasteiger partial charge in [-0.15, -0.1) is 0 Å². The van der Waals surface area contributed by atoms with Gasteiger partial charge in [0.05, 0.1) is 43.1 Å². The number of hydrogen-bond acceptors (Lipinski definition) is 6. The van der Waals surface area contributed by atoms with Crippen molar-refractivity contribution in [3.05, 3.63) is 66.3 Å². The zero-order valence-electron chi connectivity index (χ0n) is 16.3. The molecular formula is C20H21F2N5O4. The minimum Gasteiger partial charge on any atom is -0.394 e. The predicted octanol–water partition coefficient (Wildman–Crippen LogP) is 1.27. The van der Waals surface area contributed by atoms with Gasteiger partial charge in [0.2, 0.25) is 5.91 Å². The molecule has 0 spiro atoms. The molecule has 3 amide bonds. The van der Waals surface area contributed by atoms with Crippen molar-refractivity contribution < 1.29 is 28.2 Å². The lowest BCUT2D eigenvalue weighted by Crippen LogP contribution is -2.50. The summed E-state index contributed by atoms with van der Waals surface area (Å²) in [6, 6.07) is 2.81. The van der Waals surface area contributed by atoms with Crippen molar-refractivity contribution in [1.82, 2.24) is 20.6 Å². The van der Waals surface area contributed by atoms with E-state index in [0.29, 0.717) is 5.69 Å². The van der Waals surface area contributed by atoms with Crippen molar-refractivity contribution in [1.29, 1.82) is 0 Å². The molecular weight excluding hydrogens is 412 g/mol. The molecule has 1 aliphatic rings. The van der Waals surface area contributed by atoms with E-state index in [9.17, 15) is 23.5 Å². The minimum atomic E-state index is -0.826. The van der Waals surface area contributed by atoms with Crippen LogP contribution in [0, 0.1) is 11.6 Å². The first kappa shape index (κ1) is 22.2. The Labute approximate surface area is 176 Å². The van der Waals surface area contributed by atoms with Gasteiger partial charge in [-0.2, -0.15) is 0 Å². The van der Waals surface area contributed by atoms with Crippen molar-refractivity contribution in [2.24, 2.45) is 0 Å². The number of aliphatic hydroxyl groups is 1. The molecule has 9 nitrogen and oxygen atoms in total. The molecule has 1 aromatic carbocycles. The Balaban J connectivity index is 1.51. The van der Waals surface area contributed by atoms with E-state index in [4.69, 9.17) is 4.74 Å². The SMILES string of the molecule is O=C(C[C@@H]1C=C[C@H](NC(=O)Nc2cc(F)ccc2F)[C@@H](CO)O1)NCc1ccncn1. The van der Waals surface area contributed by atoms with Gasteiger partial charge in [-0.25, -0.2) is 23.5 Å². The van der Waals surface area contributed by atoms with E-state index in [2.05, 4.69) is 25.9 Å². The fourth-order valence-electron chi connectivity index (χ4n) is 2.91. The molecule has 0 radical (unpaired) electrons. The lowest BCUT2D eigenvalue weighted by Gasteiger charge is -2.31. The molecule has 0 saturated carbocycles. The van der Waals surface area contributed by atoms with E-state index < -0.39 is 42.5 Å². The number of nitrogens with zero attached hydrogens (tertiary/aromatic N) is 2. The van der Waals surface area contributed by atoms with Gasteiger partial charge in [0.15, 0.2) is 0 Å². The Bertz CT molecular complexity index is 944. The average Bonchev–Trinajstić information content (AvgIpc) is 2.76. The zero-order valence-corrected chi connectivity index (χ0v) is 16.3. The fraction of sp³-hybridized carbons (Fsp3) is 0.300. The molecule has 11 heteroatoms. The molecule has 0 unspecified atom stereocenters. The third-order valence-electron chi connectivity index (χ3n) is 4.43. The Morgan fingerprint density at radius 3 is 2.77 bits per heavy atom. The lowest BCUT2D eigenvalue weighted by atomic mass is 10.0. The van der Waals surface area contributed by atoms with Gasteiger partial charge in [-0.3, -0.25) is 4.79 Å². The summed E-state index contributed by atoms with van der Waals surface area (Å²) in [6.07, 6.45) is 4.69. The maximum absolute atomic E-state index is 13.7. The van der Waals surface area contributed by atoms with Crippen molar-refractivity contribution in [3.63, 3.8) is 0 Å². The molecule has 1 aromatic heterocycles. The number of hydrogen-bond donors (Lipinski definition) is 4. The smallest absolute Gasteiger partial charge is 0.319 e. The summed E-state index contributed by atoms with van der Waals surface area (Å²) in [4.78, 5) is 32.1. The Hall–Kier alpha value is -3.44. The third-order valence-corrected chi connectivity index (χ3v) is 4.43. The second-order valence-electron chi connectivity index (χ2n) is 6.71. The highest BCUT2D eigenvalue weighted by atomic mass is 19.1. The summed E-state index contributed by atoms with van der Waals surface area (Å²) in [5, 5.41) is 17.0. The van der Waals surface area contributed by atoms with Gasteiger partial charge < -0.3 is 25.8 Å². The van der Waals surface area contributed by atoms with Crippen LogP contribution >= 0.6 is 0 Å². The highest BCUT2D eigenvalue weighted by Gasteiger charge is 2.29. The number of carbonyl (C=O) groups excluding carboxylic acids is 2. The van der Waals surface area contributed by atoms with E-state index in [1.807, 2.05) is 0 Å². The number of carbonyl (C=O) groups is 2. The summed E-state index contributed by atoms with van der Waals surface area (Å²) in [5.41, 5.74) is 0.332. The summed E-state index contributed by atoms with van der Waals surface area (Å²) in [7, 11) is 0. The fourth-order valence-corrected chi connectivity index (χ4v) is 2.91. The molecule has 3 atom stereocenters. The molecule has 164 valence electrons. The van der Waals surface area contributed by atoms with Crippen LogP contribution in [0.1, 0.15) is 12.1 Å². The summed E-state index contributed by atoms with van der Waals surface area (Å²) in [6.45, 7) is -0.190. The monoisotopic (exact) mass is 433 g/mol. The Morgan fingerprint density at radius 1 is 1.19 bits per heavy atom. The number of nitrogens with one attached hydrogen (secondary N) is 3. The average molecular weight is 433 g/mol. The minimum absolute atomic E-state index is 0.00546. The van der Waals surface area contributed by atoms with Gasteiger partial charge in [0.1, 0.15) is 24.1 Å². The number of benzene rings is 1. The summed E-state index contributed by atoms with van der Waals surface area (Å²) >= 11 is 0. The quantitative estimate of drug-likeness (QED) is 0.488. The van der Waals surface area contributed by atoms with Crippen LogP contribution in [0.4, 0.5) is 19.3 Å². The highest BCUT2D eigenvalue weighted by molar-refractivity contribution is 5.89. The standard InChI is InChI=1S/C20H21F2N5O4/c21-12-1-3-15(22)17(7-12)27-20(30)26-16-4-2-14(31-18(16)10-28)8-19(29)24-9-13-5-6-23-11-25-13/h1-7,11,14,16,18,28H,8-10H2,(H,24,29)(H2,26,27,30)/t14-,16-,18+/m0/s1. The van der Waals surface area contributed by atoms with Crippen LogP contribution in [0.2, 0.25) is 0 Å². The molecule has 0 aliphatic carbocycles. The highest BCUT2D eigenvalue weighted by Crippen LogP contribution is 2.18. The van der Waals surface area contributed by atoms with Crippen molar-refractivity contribution in [2.45, 2.75) is 31.2 Å². The number of ether oxygens (including phenoxy) is 1. The van der Waals surface area contributed by atoms with E-state index in [-0.39, 0.29) is 24.6 Å². The van der Waals surface area contributed by atoms with Crippen LogP contribution in [0.15, 0.2) is 48.9 Å². The molecule has 4 N–H and O–H groups in total. The second-order valence-corrected chi connectivity index (χ2v) is 6.71. The van der Waals surface area contributed by atoms with Gasteiger partial charge >= 0.3 is 6.03 Å². The van der Waals surface area contributed by atoms with E-state index in [1.165, 1.54) is 6.33 Å². The summed E-state index contributed by atoms with van der Waals surface area (Å²) in [5.74, 6) is -1.78. The van der Waals surface area contributed by atoms with Gasteiger partial charge in [0.25, 0.3) is 0 Å². The molecule has 1 aliphatic heterocycles. The van der Waals surface area contributed by atoms with Crippen molar-refractivity contribution >= 4 is 17.6 Å². The van der Waals surface area contributed by atoms with E-state index in [0.717, 1.165) is 18.2 Å². The van der Waals surface area contributed by atoms with E-state index in [1.54, 1.807) is 24.4 Å². The number of aromatic nitrogens is 2. The molecule has 0 fully saturated rings. The van der Waals surface area contributed by atoms with Crippen LogP contribution in [0.5, 0.6) is 0 Å². The first-order valence-corrected chi connectivity index (χ1v) is 9.43. The molecule has 2 aromatic rings. The number of urea groups is 1. The number of amides is 3. The molecule has 31 heavy (non-hydrogen) atoms. The second kappa shape index (κ2) is 10.5. The van der Waals surface area contributed by atoms with Gasteiger partial charge in [-0.1, -0.05) is 12.2 Å². The maximum atomic E-state index is 13.7.